The Morgan fingerprint density at radius 1 is 1.31 bits per heavy atom. The maximum atomic E-state index is 12.5. The number of H-pyrrole nitrogens is 1. The monoisotopic (exact) mass is 404 g/mol. The topological polar surface area (TPSA) is 122 Å². The van der Waals surface area contributed by atoms with Gasteiger partial charge in [0.1, 0.15) is 12.3 Å². The summed E-state index contributed by atoms with van der Waals surface area (Å²) >= 11 is 0. The third-order valence-corrected chi connectivity index (χ3v) is 3.58. The Morgan fingerprint density at radius 3 is 2.79 bits per heavy atom. The molecule has 0 aliphatic carbocycles. The number of aromatic nitrogens is 3. The van der Waals surface area contributed by atoms with Crippen LogP contribution < -0.4 is 11.1 Å². The lowest BCUT2D eigenvalue weighted by molar-refractivity contribution is -0.118. The summed E-state index contributed by atoms with van der Waals surface area (Å²) < 4.78 is 42.7. The molecule has 3 rings (SSSR count). The molecular formula is C18H15F3N6O2. The van der Waals surface area contributed by atoms with Gasteiger partial charge in [0, 0.05) is 18.6 Å². The van der Waals surface area contributed by atoms with Crippen molar-refractivity contribution in [3.63, 3.8) is 0 Å². The Hall–Kier alpha value is -3.89. The van der Waals surface area contributed by atoms with E-state index in [1.807, 2.05) is 0 Å². The molecule has 0 saturated carbocycles. The third-order valence-electron chi connectivity index (χ3n) is 3.58. The molecule has 0 fully saturated rings. The highest BCUT2D eigenvalue weighted by Crippen LogP contribution is 2.21. The number of pyridine rings is 1. The molecule has 1 amide bonds. The van der Waals surface area contributed by atoms with Crippen LogP contribution in [0, 0.1) is 0 Å². The first kappa shape index (κ1) is 19.9. The molecule has 0 saturated heterocycles. The molecule has 29 heavy (non-hydrogen) atoms. The van der Waals surface area contributed by atoms with Crippen LogP contribution in [0.25, 0.3) is 17.0 Å². The Morgan fingerprint density at radius 2 is 2.14 bits per heavy atom. The van der Waals surface area contributed by atoms with Gasteiger partial charge in [-0.3, -0.25) is 19.9 Å². The summed E-state index contributed by atoms with van der Waals surface area (Å²) in [4.78, 5) is 19.8. The van der Waals surface area contributed by atoms with E-state index in [1.54, 1.807) is 30.5 Å². The zero-order chi connectivity index (χ0) is 20.9. The lowest BCUT2D eigenvalue weighted by Crippen LogP contribution is -2.26. The van der Waals surface area contributed by atoms with Crippen molar-refractivity contribution in [2.24, 2.45) is 10.7 Å². The number of nitrogens with two attached hydrogens (primary N) is 1. The first-order valence-electron chi connectivity index (χ1n) is 8.21. The summed E-state index contributed by atoms with van der Waals surface area (Å²) in [5, 5.41) is 8.82. The van der Waals surface area contributed by atoms with Crippen molar-refractivity contribution in [2.75, 3.05) is 6.54 Å². The molecule has 0 unspecified atom stereocenters. The summed E-state index contributed by atoms with van der Waals surface area (Å²) in [6.07, 6.45) is 0.892. The molecule has 11 heteroatoms. The molecule has 3 heterocycles. The lowest BCUT2D eigenvalue weighted by Gasteiger charge is -2.09. The molecule has 0 spiro atoms. The Balaban J connectivity index is 1.85. The SMILES string of the molecule is N/C(=C(\C=NCC(F)(F)F)NC(=O)c1ccc(-c2cn[nH]c2)o1)c1ccccn1. The van der Waals surface area contributed by atoms with Gasteiger partial charge in [-0.05, 0) is 24.3 Å². The quantitative estimate of drug-likeness (QED) is 0.546. The number of hydrogen-bond donors (Lipinski definition) is 3. The number of nitrogens with one attached hydrogen (secondary N) is 2. The van der Waals surface area contributed by atoms with Gasteiger partial charge < -0.3 is 15.5 Å². The molecule has 0 radical (unpaired) electrons. The number of rotatable bonds is 6. The van der Waals surface area contributed by atoms with Gasteiger partial charge in [-0.25, -0.2) is 0 Å². The fraction of sp³-hybridized carbons (Fsp3) is 0.111. The summed E-state index contributed by atoms with van der Waals surface area (Å²) in [7, 11) is 0. The number of nitrogens with zero attached hydrogens (tertiary/aromatic N) is 3. The van der Waals surface area contributed by atoms with E-state index in [0.717, 1.165) is 6.21 Å². The van der Waals surface area contributed by atoms with Crippen LogP contribution in [-0.4, -0.2) is 40.0 Å². The highest BCUT2D eigenvalue weighted by Gasteiger charge is 2.26. The van der Waals surface area contributed by atoms with Crippen LogP contribution in [0.15, 0.2) is 64.0 Å². The number of amides is 1. The van der Waals surface area contributed by atoms with Crippen LogP contribution in [0.4, 0.5) is 13.2 Å². The second kappa shape index (κ2) is 8.42. The van der Waals surface area contributed by atoms with Crippen LogP contribution in [0.1, 0.15) is 16.2 Å². The van der Waals surface area contributed by atoms with Gasteiger partial charge >= 0.3 is 6.18 Å². The van der Waals surface area contributed by atoms with Crippen LogP contribution in [0.2, 0.25) is 0 Å². The van der Waals surface area contributed by atoms with Crippen molar-refractivity contribution in [1.82, 2.24) is 20.5 Å². The van der Waals surface area contributed by atoms with E-state index in [0.29, 0.717) is 11.3 Å². The average molecular weight is 404 g/mol. The van der Waals surface area contributed by atoms with E-state index in [9.17, 15) is 18.0 Å². The van der Waals surface area contributed by atoms with Crippen LogP contribution >= 0.6 is 0 Å². The third kappa shape index (κ3) is 5.31. The Bertz CT molecular complexity index is 1020. The molecule has 0 aliphatic rings. The van der Waals surface area contributed by atoms with E-state index in [2.05, 4.69) is 25.5 Å². The van der Waals surface area contributed by atoms with Gasteiger partial charge in [-0.15, -0.1) is 0 Å². The minimum absolute atomic E-state index is 0.0495. The number of carbonyl (C=O) groups is 1. The molecule has 0 bridgehead atoms. The standard InChI is InChI=1S/C18H15F3N6O2/c19-18(20,21)10-23-9-13(16(22)12-3-1-2-6-24-12)27-17(28)15-5-4-14(29-15)11-7-25-26-8-11/h1-9H,10,22H2,(H,25,26)(H,27,28)/b16-13+,23-9?. The minimum Gasteiger partial charge on any atom is -0.451 e. The molecule has 8 nitrogen and oxygen atoms in total. The fourth-order valence-electron chi connectivity index (χ4n) is 2.25. The van der Waals surface area contributed by atoms with Gasteiger partial charge in [-0.2, -0.15) is 18.3 Å². The minimum atomic E-state index is -4.49. The van der Waals surface area contributed by atoms with Crippen molar-refractivity contribution >= 4 is 17.8 Å². The number of halogens is 3. The highest BCUT2D eigenvalue weighted by molar-refractivity contribution is 6.00. The average Bonchev–Trinajstić information content (AvgIpc) is 3.37. The number of aromatic amines is 1. The zero-order valence-electron chi connectivity index (χ0n) is 14.8. The first-order valence-corrected chi connectivity index (χ1v) is 8.21. The molecule has 0 atom stereocenters. The van der Waals surface area contributed by atoms with E-state index in [4.69, 9.17) is 10.2 Å². The second-order valence-electron chi connectivity index (χ2n) is 5.73. The van der Waals surface area contributed by atoms with Gasteiger partial charge in [-0.1, -0.05) is 6.07 Å². The number of allylic oxidation sites excluding steroid dienone is 1. The molecular weight excluding hydrogens is 389 g/mol. The predicted molar refractivity (Wildman–Crippen MR) is 98.5 cm³/mol. The number of carbonyl (C=O) groups excluding carboxylic acids is 1. The van der Waals surface area contributed by atoms with Crippen LogP contribution in [0.5, 0.6) is 0 Å². The van der Waals surface area contributed by atoms with Crippen molar-refractivity contribution < 1.29 is 22.4 Å². The van der Waals surface area contributed by atoms with Gasteiger partial charge in [0.05, 0.1) is 28.8 Å². The zero-order valence-corrected chi connectivity index (χ0v) is 14.8. The maximum Gasteiger partial charge on any atom is 0.407 e. The van der Waals surface area contributed by atoms with Crippen molar-refractivity contribution in [3.8, 4) is 11.3 Å². The summed E-state index contributed by atoms with van der Waals surface area (Å²) in [6.45, 7) is -1.42. The summed E-state index contributed by atoms with van der Waals surface area (Å²) in [6, 6.07) is 7.81. The van der Waals surface area contributed by atoms with Gasteiger partial charge in [0.2, 0.25) is 0 Å². The summed E-state index contributed by atoms with van der Waals surface area (Å²) in [5.74, 6) is -0.401. The lowest BCUT2D eigenvalue weighted by atomic mass is 10.2. The van der Waals surface area contributed by atoms with Crippen molar-refractivity contribution in [2.45, 2.75) is 6.18 Å². The normalized spacial score (nSPS) is 12.8. The van der Waals surface area contributed by atoms with Crippen LogP contribution in [-0.2, 0) is 0 Å². The predicted octanol–water partition coefficient (Wildman–Crippen LogP) is 2.76. The molecule has 0 aliphatic heterocycles. The Labute approximate surface area is 162 Å². The largest absolute Gasteiger partial charge is 0.451 e. The van der Waals surface area contributed by atoms with E-state index < -0.39 is 18.6 Å². The van der Waals surface area contributed by atoms with Crippen molar-refractivity contribution in [1.29, 1.82) is 0 Å². The number of hydrogen-bond acceptors (Lipinski definition) is 6. The first-order chi connectivity index (χ1) is 13.8. The maximum absolute atomic E-state index is 12.5. The van der Waals surface area contributed by atoms with Gasteiger partial charge in [0.25, 0.3) is 5.91 Å². The molecule has 0 aromatic carbocycles. The highest BCUT2D eigenvalue weighted by atomic mass is 19.4. The molecule has 3 aromatic heterocycles. The molecule has 3 aromatic rings. The van der Waals surface area contributed by atoms with Gasteiger partial charge in [0.15, 0.2) is 5.76 Å². The number of aliphatic imine (C=N–C) groups is 1. The smallest absolute Gasteiger partial charge is 0.407 e. The molecule has 4 N–H and O–H groups in total. The van der Waals surface area contributed by atoms with Crippen molar-refractivity contribution in [3.05, 3.63) is 66.1 Å². The fourth-order valence-corrected chi connectivity index (χ4v) is 2.25. The second-order valence-corrected chi connectivity index (χ2v) is 5.73. The summed E-state index contributed by atoms with van der Waals surface area (Å²) in [5.41, 5.74) is 6.68. The van der Waals surface area contributed by atoms with E-state index in [-0.39, 0.29) is 22.8 Å². The van der Waals surface area contributed by atoms with Crippen LogP contribution in [0.3, 0.4) is 0 Å². The Kier molecular flexibility index (Phi) is 5.77. The molecule has 150 valence electrons. The number of alkyl halides is 3. The number of furan rings is 1. The van der Waals surface area contributed by atoms with E-state index >= 15 is 0 Å². The van der Waals surface area contributed by atoms with E-state index in [1.165, 1.54) is 18.5 Å².